The van der Waals surface area contributed by atoms with Crippen LogP contribution in [0.3, 0.4) is 0 Å². The van der Waals surface area contributed by atoms with Gasteiger partial charge in [0.15, 0.2) is 0 Å². The van der Waals surface area contributed by atoms with Gasteiger partial charge < -0.3 is 9.51 Å². The summed E-state index contributed by atoms with van der Waals surface area (Å²) in [6.07, 6.45) is 0. The molecule has 0 aliphatic heterocycles. The first-order valence-electron chi connectivity index (χ1n) is 7.66. The number of para-hydroxylation sites is 1. The van der Waals surface area contributed by atoms with E-state index >= 15 is 0 Å². The maximum atomic E-state index is 12.2. The molecule has 4 aromatic rings. The van der Waals surface area contributed by atoms with E-state index in [1.54, 1.807) is 6.07 Å². The Morgan fingerprint density at radius 1 is 0.958 bits per heavy atom. The quantitative estimate of drug-likeness (QED) is 0.609. The highest BCUT2D eigenvalue weighted by Gasteiger charge is 2.12. The van der Waals surface area contributed by atoms with Crippen LogP contribution in [0.1, 0.15) is 11.5 Å². The van der Waals surface area contributed by atoms with Gasteiger partial charge in [-0.15, -0.1) is 0 Å². The molecule has 1 N–H and O–H groups in total. The van der Waals surface area contributed by atoms with Gasteiger partial charge in [0.05, 0.1) is 16.6 Å². The highest BCUT2D eigenvalue weighted by Crippen LogP contribution is 2.28. The molecule has 5 nitrogen and oxygen atoms in total. The summed E-state index contributed by atoms with van der Waals surface area (Å²) in [5, 5.41) is 4.58. The van der Waals surface area contributed by atoms with Crippen molar-refractivity contribution in [3.05, 3.63) is 70.3 Å². The van der Waals surface area contributed by atoms with Gasteiger partial charge in [-0.2, -0.15) is 0 Å². The lowest BCUT2D eigenvalue weighted by Gasteiger charge is -2.05. The molecule has 0 fully saturated rings. The van der Waals surface area contributed by atoms with Gasteiger partial charge in [-0.1, -0.05) is 41.6 Å². The third-order valence-electron chi connectivity index (χ3n) is 4.09. The second kappa shape index (κ2) is 5.45. The SMILES string of the molecule is Cc1noc(C)c1-c1ccc(-c2nc3ccccc3c(=O)[nH]2)cc1. The number of fused-ring (bicyclic) bond motifs is 1. The molecule has 24 heavy (non-hydrogen) atoms. The molecule has 0 saturated heterocycles. The molecule has 0 saturated carbocycles. The zero-order chi connectivity index (χ0) is 16.7. The number of nitrogens with zero attached hydrogens (tertiary/aromatic N) is 2. The Morgan fingerprint density at radius 3 is 2.38 bits per heavy atom. The summed E-state index contributed by atoms with van der Waals surface area (Å²) in [5.74, 6) is 1.35. The van der Waals surface area contributed by atoms with Crippen LogP contribution in [-0.4, -0.2) is 15.1 Å². The topological polar surface area (TPSA) is 71.8 Å². The van der Waals surface area contributed by atoms with Crippen molar-refractivity contribution in [3.8, 4) is 22.5 Å². The molecule has 2 aromatic carbocycles. The van der Waals surface area contributed by atoms with Gasteiger partial charge in [0.2, 0.25) is 0 Å². The van der Waals surface area contributed by atoms with E-state index in [0.717, 1.165) is 28.1 Å². The lowest BCUT2D eigenvalue weighted by molar-refractivity contribution is 0.393. The molecular weight excluding hydrogens is 302 g/mol. The van der Waals surface area contributed by atoms with Crippen molar-refractivity contribution >= 4 is 10.9 Å². The Morgan fingerprint density at radius 2 is 1.67 bits per heavy atom. The van der Waals surface area contributed by atoms with Crippen LogP contribution in [0.5, 0.6) is 0 Å². The molecule has 0 spiro atoms. The summed E-state index contributed by atoms with van der Waals surface area (Å²) in [6, 6.07) is 15.2. The fourth-order valence-corrected chi connectivity index (χ4v) is 2.91. The normalized spacial score (nSPS) is 11.1. The van der Waals surface area contributed by atoms with E-state index in [9.17, 15) is 4.79 Å². The van der Waals surface area contributed by atoms with Crippen LogP contribution in [0, 0.1) is 13.8 Å². The van der Waals surface area contributed by atoms with E-state index < -0.39 is 0 Å². The molecule has 0 radical (unpaired) electrons. The smallest absolute Gasteiger partial charge is 0.259 e. The number of benzene rings is 2. The molecule has 2 heterocycles. The molecule has 4 rings (SSSR count). The minimum atomic E-state index is -0.134. The Hall–Kier alpha value is -3.21. The van der Waals surface area contributed by atoms with E-state index in [4.69, 9.17) is 4.52 Å². The molecule has 118 valence electrons. The van der Waals surface area contributed by atoms with Crippen LogP contribution >= 0.6 is 0 Å². The van der Waals surface area contributed by atoms with Crippen LogP contribution in [0.2, 0.25) is 0 Å². The third kappa shape index (κ3) is 2.31. The van der Waals surface area contributed by atoms with Crippen LogP contribution in [0.4, 0.5) is 0 Å². The second-order valence-corrected chi connectivity index (χ2v) is 5.71. The Kier molecular flexibility index (Phi) is 3.27. The standard InChI is InChI=1S/C19H15N3O2/c1-11-17(12(2)24-22-11)13-7-9-14(10-8-13)18-20-16-6-4-3-5-15(16)19(23)21-18/h3-10H,1-2H3,(H,20,21,23). The third-order valence-corrected chi connectivity index (χ3v) is 4.09. The molecule has 0 aliphatic carbocycles. The monoisotopic (exact) mass is 317 g/mol. The van der Waals surface area contributed by atoms with Gasteiger partial charge in [0, 0.05) is 11.1 Å². The first-order valence-corrected chi connectivity index (χ1v) is 7.66. The van der Waals surface area contributed by atoms with Crippen molar-refractivity contribution in [3.63, 3.8) is 0 Å². The summed E-state index contributed by atoms with van der Waals surface area (Å²) in [5.41, 5.74) is 4.29. The molecular formula is C19H15N3O2. The van der Waals surface area contributed by atoms with Gasteiger partial charge in [-0.05, 0) is 31.5 Å². The molecule has 0 bridgehead atoms. The molecule has 0 atom stereocenters. The minimum Gasteiger partial charge on any atom is -0.361 e. The average Bonchev–Trinajstić information content (AvgIpc) is 2.94. The average molecular weight is 317 g/mol. The maximum absolute atomic E-state index is 12.2. The highest BCUT2D eigenvalue weighted by atomic mass is 16.5. The number of aryl methyl sites for hydroxylation is 2. The predicted molar refractivity (Wildman–Crippen MR) is 92.8 cm³/mol. The second-order valence-electron chi connectivity index (χ2n) is 5.71. The first kappa shape index (κ1) is 14.4. The van der Waals surface area contributed by atoms with Crippen LogP contribution in [-0.2, 0) is 0 Å². The Bertz CT molecular complexity index is 1070. The van der Waals surface area contributed by atoms with E-state index in [2.05, 4.69) is 15.1 Å². The van der Waals surface area contributed by atoms with Gasteiger partial charge in [0.25, 0.3) is 5.56 Å². The van der Waals surface area contributed by atoms with Gasteiger partial charge in [0.1, 0.15) is 11.6 Å². The lowest BCUT2D eigenvalue weighted by atomic mass is 10.0. The fraction of sp³-hybridized carbons (Fsp3) is 0.105. The fourth-order valence-electron chi connectivity index (χ4n) is 2.91. The maximum Gasteiger partial charge on any atom is 0.259 e. The minimum absolute atomic E-state index is 0.134. The van der Waals surface area contributed by atoms with Crippen LogP contribution < -0.4 is 5.56 Å². The molecule has 0 unspecified atom stereocenters. The first-order chi connectivity index (χ1) is 11.6. The summed E-state index contributed by atoms with van der Waals surface area (Å²) in [6.45, 7) is 3.81. The number of nitrogens with one attached hydrogen (secondary N) is 1. The van der Waals surface area contributed by atoms with Crippen molar-refractivity contribution in [1.82, 2.24) is 15.1 Å². The van der Waals surface area contributed by atoms with Gasteiger partial charge in [-0.3, -0.25) is 4.79 Å². The highest BCUT2D eigenvalue weighted by molar-refractivity contribution is 5.79. The number of aromatic amines is 1. The zero-order valence-electron chi connectivity index (χ0n) is 13.3. The van der Waals surface area contributed by atoms with Crippen molar-refractivity contribution in [1.29, 1.82) is 0 Å². The van der Waals surface area contributed by atoms with E-state index in [-0.39, 0.29) is 5.56 Å². The largest absolute Gasteiger partial charge is 0.361 e. The van der Waals surface area contributed by atoms with Gasteiger partial charge >= 0.3 is 0 Å². The van der Waals surface area contributed by atoms with E-state index in [1.807, 2.05) is 56.3 Å². The van der Waals surface area contributed by atoms with Crippen molar-refractivity contribution < 1.29 is 4.52 Å². The summed E-state index contributed by atoms with van der Waals surface area (Å²) in [7, 11) is 0. The number of aromatic nitrogens is 3. The van der Waals surface area contributed by atoms with E-state index in [0.29, 0.717) is 16.7 Å². The van der Waals surface area contributed by atoms with E-state index in [1.165, 1.54) is 0 Å². The van der Waals surface area contributed by atoms with Crippen molar-refractivity contribution in [2.24, 2.45) is 0 Å². The Balaban J connectivity index is 1.80. The summed E-state index contributed by atoms with van der Waals surface area (Å²) < 4.78 is 5.22. The molecule has 5 heteroatoms. The molecule has 2 aromatic heterocycles. The number of rotatable bonds is 2. The van der Waals surface area contributed by atoms with Crippen LogP contribution in [0.25, 0.3) is 33.4 Å². The summed E-state index contributed by atoms with van der Waals surface area (Å²) in [4.78, 5) is 19.6. The molecule has 0 amide bonds. The zero-order valence-corrected chi connectivity index (χ0v) is 13.3. The van der Waals surface area contributed by atoms with Crippen molar-refractivity contribution in [2.45, 2.75) is 13.8 Å². The number of H-pyrrole nitrogens is 1. The summed E-state index contributed by atoms with van der Waals surface area (Å²) >= 11 is 0. The lowest BCUT2D eigenvalue weighted by Crippen LogP contribution is -2.09. The number of hydrogen-bond acceptors (Lipinski definition) is 4. The predicted octanol–water partition coefficient (Wildman–Crippen LogP) is 3.86. The molecule has 0 aliphatic rings. The Labute approximate surface area is 138 Å². The number of hydrogen-bond donors (Lipinski definition) is 1. The van der Waals surface area contributed by atoms with Crippen molar-refractivity contribution in [2.75, 3.05) is 0 Å². The van der Waals surface area contributed by atoms with Gasteiger partial charge in [-0.25, -0.2) is 4.98 Å². The van der Waals surface area contributed by atoms with Crippen LogP contribution in [0.15, 0.2) is 57.8 Å².